The van der Waals surface area contributed by atoms with E-state index in [0.717, 1.165) is 30.8 Å². The lowest BCUT2D eigenvalue weighted by molar-refractivity contribution is 0.0600. The summed E-state index contributed by atoms with van der Waals surface area (Å²) in [5.74, 6) is -0.0837. The van der Waals surface area contributed by atoms with E-state index in [1.165, 1.54) is 7.11 Å². The molecular formula is C18H16Cl3NO2. The molecule has 24 heavy (non-hydrogen) atoms. The maximum atomic E-state index is 11.8. The van der Waals surface area contributed by atoms with E-state index in [1.54, 1.807) is 12.1 Å². The molecule has 1 atom stereocenters. The third kappa shape index (κ3) is 3.64. The molecule has 3 rings (SSSR count). The molecule has 1 fully saturated rings. The first kappa shape index (κ1) is 17.4. The zero-order chi connectivity index (χ0) is 17.3. The second kappa shape index (κ2) is 7.22. The van der Waals surface area contributed by atoms with Gasteiger partial charge in [0.15, 0.2) is 0 Å². The molecule has 1 aliphatic rings. The predicted octanol–water partition coefficient (Wildman–Crippen LogP) is 5.43. The molecule has 1 unspecified atom stereocenters. The van der Waals surface area contributed by atoms with Gasteiger partial charge < -0.3 is 9.64 Å². The van der Waals surface area contributed by atoms with E-state index in [0.29, 0.717) is 26.5 Å². The van der Waals surface area contributed by atoms with Crippen LogP contribution >= 0.6 is 34.8 Å². The summed E-state index contributed by atoms with van der Waals surface area (Å²) in [6.07, 6.45) is 0.973. The number of benzene rings is 2. The standard InChI is InChI=1S/C18H16Cl3NO2/c1-24-18(23)13-6-12(7-14(19)8-13)11-4-5-22(10-11)15-2-3-16(20)17(21)9-15/h2-3,6-9,11H,4-5,10H2,1H3. The van der Waals surface area contributed by atoms with Gasteiger partial charge in [-0.15, -0.1) is 0 Å². The van der Waals surface area contributed by atoms with Crippen LogP contribution in [0, 0.1) is 0 Å². The summed E-state index contributed by atoms with van der Waals surface area (Å²) in [5.41, 5.74) is 2.57. The predicted molar refractivity (Wildman–Crippen MR) is 98.8 cm³/mol. The Bertz CT molecular complexity index is 779. The first-order valence-electron chi connectivity index (χ1n) is 7.56. The summed E-state index contributed by atoms with van der Waals surface area (Å²) in [7, 11) is 1.37. The van der Waals surface area contributed by atoms with Crippen molar-refractivity contribution >= 4 is 46.5 Å². The Hall–Kier alpha value is -1.42. The van der Waals surface area contributed by atoms with E-state index in [4.69, 9.17) is 39.5 Å². The molecule has 0 aliphatic carbocycles. The number of hydrogen-bond donors (Lipinski definition) is 0. The molecule has 1 aliphatic heterocycles. The molecule has 1 heterocycles. The van der Waals surface area contributed by atoms with Crippen LogP contribution in [-0.4, -0.2) is 26.2 Å². The van der Waals surface area contributed by atoms with Gasteiger partial charge >= 0.3 is 5.97 Å². The summed E-state index contributed by atoms with van der Waals surface area (Å²) in [6.45, 7) is 1.74. The van der Waals surface area contributed by atoms with Crippen molar-refractivity contribution in [1.82, 2.24) is 0 Å². The third-order valence-electron chi connectivity index (χ3n) is 4.27. The fourth-order valence-corrected chi connectivity index (χ4v) is 3.57. The number of carbonyl (C=O) groups is 1. The van der Waals surface area contributed by atoms with Crippen molar-refractivity contribution in [2.24, 2.45) is 0 Å². The average molecular weight is 385 g/mol. The SMILES string of the molecule is COC(=O)c1cc(Cl)cc(C2CCN(c3ccc(Cl)c(Cl)c3)C2)c1. The van der Waals surface area contributed by atoms with Gasteiger partial charge in [-0.3, -0.25) is 0 Å². The number of esters is 1. The molecule has 0 spiro atoms. The highest BCUT2D eigenvalue weighted by Gasteiger charge is 2.25. The first-order chi connectivity index (χ1) is 11.5. The fourth-order valence-electron chi connectivity index (χ4n) is 3.03. The van der Waals surface area contributed by atoms with Crippen LogP contribution in [0.3, 0.4) is 0 Å². The van der Waals surface area contributed by atoms with Crippen LogP contribution in [0.5, 0.6) is 0 Å². The van der Waals surface area contributed by atoms with Crippen LogP contribution < -0.4 is 4.90 Å². The van der Waals surface area contributed by atoms with Gasteiger partial charge in [-0.1, -0.05) is 34.8 Å². The minimum absolute atomic E-state index is 0.293. The van der Waals surface area contributed by atoms with Crippen molar-refractivity contribution in [2.45, 2.75) is 12.3 Å². The van der Waals surface area contributed by atoms with Crippen LogP contribution in [-0.2, 0) is 4.74 Å². The molecule has 0 bridgehead atoms. The van der Waals surface area contributed by atoms with Gasteiger partial charge in [0.1, 0.15) is 0 Å². The molecule has 3 nitrogen and oxygen atoms in total. The van der Waals surface area contributed by atoms with E-state index >= 15 is 0 Å². The van der Waals surface area contributed by atoms with E-state index in [1.807, 2.05) is 24.3 Å². The van der Waals surface area contributed by atoms with Crippen molar-refractivity contribution < 1.29 is 9.53 Å². The highest BCUT2D eigenvalue weighted by molar-refractivity contribution is 6.42. The van der Waals surface area contributed by atoms with Crippen molar-refractivity contribution in [1.29, 1.82) is 0 Å². The zero-order valence-corrected chi connectivity index (χ0v) is 15.3. The summed E-state index contributed by atoms with van der Waals surface area (Å²) < 4.78 is 4.79. The van der Waals surface area contributed by atoms with E-state index in [-0.39, 0.29) is 5.97 Å². The lowest BCUT2D eigenvalue weighted by Gasteiger charge is -2.19. The smallest absolute Gasteiger partial charge is 0.337 e. The number of halogens is 3. The molecule has 2 aromatic carbocycles. The Balaban J connectivity index is 1.81. The highest BCUT2D eigenvalue weighted by Crippen LogP contribution is 2.35. The van der Waals surface area contributed by atoms with Crippen molar-refractivity contribution in [3.8, 4) is 0 Å². The molecule has 0 aromatic heterocycles. The molecule has 0 N–H and O–H groups in total. The molecule has 6 heteroatoms. The zero-order valence-electron chi connectivity index (χ0n) is 13.1. The number of ether oxygens (including phenoxy) is 1. The average Bonchev–Trinajstić information content (AvgIpc) is 3.06. The molecule has 0 amide bonds. The van der Waals surface area contributed by atoms with Crippen molar-refractivity contribution in [3.63, 3.8) is 0 Å². The summed E-state index contributed by atoms with van der Waals surface area (Å²) in [6, 6.07) is 11.1. The Morgan fingerprint density at radius 3 is 2.62 bits per heavy atom. The molecule has 2 aromatic rings. The molecule has 0 saturated carbocycles. The van der Waals surface area contributed by atoms with Crippen LogP contribution in [0.15, 0.2) is 36.4 Å². The number of nitrogens with zero attached hydrogens (tertiary/aromatic N) is 1. The van der Waals surface area contributed by atoms with E-state index in [2.05, 4.69) is 4.90 Å². The van der Waals surface area contributed by atoms with Crippen LogP contribution in [0.25, 0.3) is 0 Å². The number of rotatable bonds is 3. The number of hydrogen-bond acceptors (Lipinski definition) is 3. The molecule has 0 radical (unpaired) electrons. The van der Waals surface area contributed by atoms with Gasteiger partial charge in [0.05, 0.1) is 22.7 Å². The third-order valence-corrected chi connectivity index (χ3v) is 5.23. The highest BCUT2D eigenvalue weighted by atomic mass is 35.5. The normalized spacial score (nSPS) is 17.2. The lowest BCUT2D eigenvalue weighted by atomic mass is 9.96. The monoisotopic (exact) mass is 383 g/mol. The lowest BCUT2D eigenvalue weighted by Crippen LogP contribution is -2.19. The number of methoxy groups -OCH3 is 1. The first-order valence-corrected chi connectivity index (χ1v) is 8.70. The molecule has 126 valence electrons. The van der Waals surface area contributed by atoms with Crippen molar-refractivity contribution in [3.05, 3.63) is 62.6 Å². The maximum absolute atomic E-state index is 11.8. The van der Waals surface area contributed by atoms with E-state index in [9.17, 15) is 4.79 Å². The van der Waals surface area contributed by atoms with Gasteiger partial charge in [0.2, 0.25) is 0 Å². The topological polar surface area (TPSA) is 29.5 Å². The van der Waals surface area contributed by atoms with Gasteiger partial charge in [0.25, 0.3) is 0 Å². The van der Waals surface area contributed by atoms with Gasteiger partial charge in [-0.05, 0) is 48.4 Å². The Morgan fingerprint density at radius 1 is 1.12 bits per heavy atom. The maximum Gasteiger partial charge on any atom is 0.337 e. The second-order valence-corrected chi connectivity index (χ2v) is 7.05. The van der Waals surface area contributed by atoms with Gasteiger partial charge in [-0.2, -0.15) is 0 Å². The number of carbonyl (C=O) groups excluding carboxylic acids is 1. The fraction of sp³-hybridized carbons (Fsp3) is 0.278. The molecule has 1 saturated heterocycles. The van der Waals surface area contributed by atoms with Gasteiger partial charge in [-0.25, -0.2) is 4.79 Å². The minimum Gasteiger partial charge on any atom is -0.465 e. The Kier molecular flexibility index (Phi) is 5.24. The van der Waals surface area contributed by atoms with Crippen LogP contribution in [0.4, 0.5) is 5.69 Å². The summed E-state index contributed by atoms with van der Waals surface area (Å²) in [4.78, 5) is 14.0. The van der Waals surface area contributed by atoms with Crippen LogP contribution in [0.2, 0.25) is 15.1 Å². The number of anilines is 1. The largest absolute Gasteiger partial charge is 0.465 e. The van der Waals surface area contributed by atoms with Gasteiger partial charge in [0, 0.05) is 29.7 Å². The minimum atomic E-state index is -0.377. The van der Waals surface area contributed by atoms with Crippen molar-refractivity contribution in [2.75, 3.05) is 25.1 Å². The quantitative estimate of drug-likeness (QED) is 0.661. The molecular weight excluding hydrogens is 369 g/mol. The second-order valence-electron chi connectivity index (χ2n) is 5.79. The Morgan fingerprint density at radius 2 is 1.92 bits per heavy atom. The van der Waals surface area contributed by atoms with E-state index < -0.39 is 0 Å². The van der Waals surface area contributed by atoms with Crippen LogP contribution in [0.1, 0.15) is 28.3 Å². The Labute approximate surface area is 156 Å². The summed E-state index contributed by atoms with van der Waals surface area (Å²) in [5, 5.41) is 1.64. The summed E-state index contributed by atoms with van der Waals surface area (Å²) >= 11 is 18.3.